The molecule has 1 aliphatic heterocycles. The number of aryl methyl sites for hydroxylation is 1. The zero-order valence-corrected chi connectivity index (χ0v) is 22.7. The first-order valence-corrected chi connectivity index (χ1v) is 13.7. The molecule has 0 bridgehead atoms. The molecule has 9 heteroatoms. The third-order valence-corrected chi connectivity index (χ3v) is 7.02. The van der Waals surface area contributed by atoms with E-state index in [2.05, 4.69) is 28.1 Å². The summed E-state index contributed by atoms with van der Waals surface area (Å²) in [5.41, 5.74) is 5.10. The number of benzene rings is 2. The van der Waals surface area contributed by atoms with Crippen molar-refractivity contribution in [2.75, 3.05) is 37.8 Å². The number of hydrogen-bond acceptors (Lipinski definition) is 8. The highest BCUT2D eigenvalue weighted by molar-refractivity contribution is 6.08. The molecule has 5 aromatic rings. The minimum Gasteiger partial charge on any atom is -0.462 e. The van der Waals surface area contributed by atoms with E-state index in [1.165, 1.54) is 0 Å². The van der Waals surface area contributed by atoms with Crippen LogP contribution in [0.15, 0.2) is 71.1 Å². The number of hydrogen-bond donors (Lipinski definition) is 0. The molecule has 40 heavy (non-hydrogen) atoms. The van der Waals surface area contributed by atoms with Gasteiger partial charge in [0.05, 0.1) is 36.6 Å². The van der Waals surface area contributed by atoms with Crippen molar-refractivity contribution in [1.82, 2.24) is 19.8 Å². The highest BCUT2D eigenvalue weighted by atomic mass is 16.5. The van der Waals surface area contributed by atoms with Crippen LogP contribution in [0.25, 0.3) is 39.6 Å². The van der Waals surface area contributed by atoms with Crippen molar-refractivity contribution < 1.29 is 18.7 Å². The Morgan fingerprint density at radius 1 is 0.925 bits per heavy atom. The molecule has 0 aliphatic carbocycles. The van der Waals surface area contributed by atoms with E-state index in [1.807, 2.05) is 65.2 Å². The lowest BCUT2D eigenvalue weighted by atomic mass is 10.0. The van der Waals surface area contributed by atoms with Crippen molar-refractivity contribution in [2.45, 2.75) is 26.7 Å². The van der Waals surface area contributed by atoms with Crippen LogP contribution >= 0.6 is 0 Å². The third-order valence-electron chi connectivity index (χ3n) is 7.02. The van der Waals surface area contributed by atoms with E-state index in [0.29, 0.717) is 42.2 Å². The van der Waals surface area contributed by atoms with Gasteiger partial charge in [0, 0.05) is 24.2 Å². The molecule has 1 fully saturated rings. The van der Waals surface area contributed by atoms with Gasteiger partial charge in [0.2, 0.25) is 5.89 Å². The summed E-state index contributed by atoms with van der Waals surface area (Å²) in [5.74, 6) is 1.02. The Bertz CT molecular complexity index is 1620. The van der Waals surface area contributed by atoms with Gasteiger partial charge in [0.25, 0.3) is 5.89 Å². The molecule has 1 aliphatic rings. The van der Waals surface area contributed by atoms with E-state index in [9.17, 15) is 4.79 Å². The number of ether oxygens (including phenoxy) is 2. The van der Waals surface area contributed by atoms with Crippen molar-refractivity contribution in [1.29, 1.82) is 0 Å². The lowest BCUT2D eigenvalue weighted by Crippen LogP contribution is -2.37. The number of aromatic nitrogens is 4. The van der Waals surface area contributed by atoms with Gasteiger partial charge in [-0.05, 0) is 37.1 Å². The van der Waals surface area contributed by atoms with Crippen LogP contribution in [0.4, 0.5) is 5.82 Å². The van der Waals surface area contributed by atoms with Crippen molar-refractivity contribution in [3.05, 3.63) is 78.0 Å². The van der Waals surface area contributed by atoms with E-state index in [1.54, 1.807) is 6.92 Å². The lowest BCUT2D eigenvalue weighted by Gasteiger charge is -2.28. The van der Waals surface area contributed by atoms with Crippen molar-refractivity contribution in [3.8, 4) is 34.0 Å². The maximum absolute atomic E-state index is 13.7. The van der Waals surface area contributed by atoms with Crippen LogP contribution in [0.1, 0.15) is 36.3 Å². The highest BCUT2D eigenvalue weighted by Gasteiger charge is 2.32. The van der Waals surface area contributed by atoms with Crippen molar-refractivity contribution in [2.24, 2.45) is 0 Å². The van der Waals surface area contributed by atoms with E-state index in [4.69, 9.17) is 19.0 Å². The number of nitrogens with zero attached hydrogens (tertiary/aromatic N) is 5. The molecule has 6 rings (SSSR count). The summed E-state index contributed by atoms with van der Waals surface area (Å²) < 4.78 is 19.3. The zero-order valence-electron chi connectivity index (χ0n) is 22.7. The molecule has 3 aromatic heterocycles. The summed E-state index contributed by atoms with van der Waals surface area (Å²) in [6.07, 6.45) is 1.47. The van der Waals surface area contributed by atoms with Crippen molar-refractivity contribution in [3.63, 3.8) is 0 Å². The second-order valence-electron chi connectivity index (χ2n) is 9.59. The molecule has 2 aromatic carbocycles. The molecule has 0 spiro atoms. The summed E-state index contributed by atoms with van der Waals surface area (Å²) in [6.45, 7) is 6.88. The predicted molar refractivity (Wildman–Crippen MR) is 152 cm³/mol. The molecule has 0 N–H and O–H groups in total. The topological polar surface area (TPSA) is 95.0 Å². The van der Waals surface area contributed by atoms with Crippen LogP contribution < -0.4 is 4.90 Å². The SMILES string of the molecule is CCCc1c(-c2nnc(-c3ccccc3)o2)c(C(=O)OCC)c2c(-c3ccccc3)cc(N3CCOCC3)nn12. The number of fused-ring (bicyclic) bond motifs is 1. The molecule has 0 atom stereocenters. The molecule has 0 saturated carbocycles. The van der Waals surface area contributed by atoms with Crippen LogP contribution in [-0.4, -0.2) is 58.7 Å². The fourth-order valence-corrected chi connectivity index (χ4v) is 5.20. The van der Waals surface area contributed by atoms with Gasteiger partial charge in [-0.3, -0.25) is 0 Å². The second-order valence-corrected chi connectivity index (χ2v) is 9.59. The van der Waals surface area contributed by atoms with Gasteiger partial charge in [0.15, 0.2) is 0 Å². The number of rotatable bonds is 8. The van der Waals surface area contributed by atoms with Gasteiger partial charge in [-0.1, -0.05) is 61.9 Å². The maximum atomic E-state index is 13.7. The standard InChI is InChI=1S/C31H31N5O4/c1-3-11-24-26(30-33-32-29(40-30)22-14-9-6-10-15-22)27(31(37)39-4-2)28-23(21-12-7-5-8-13-21)20-25(34-36(24)28)35-16-18-38-19-17-35/h5-10,12-15,20H,3-4,11,16-19H2,1-2H3. The van der Waals surface area contributed by atoms with Crippen LogP contribution in [0.3, 0.4) is 0 Å². The number of esters is 1. The molecule has 0 amide bonds. The number of carbonyl (C=O) groups excluding carboxylic acids is 1. The van der Waals surface area contributed by atoms with Gasteiger partial charge in [0.1, 0.15) is 11.4 Å². The molecule has 1 saturated heterocycles. The Morgan fingerprint density at radius 3 is 2.27 bits per heavy atom. The average molecular weight is 538 g/mol. The van der Waals surface area contributed by atoms with Crippen molar-refractivity contribution >= 4 is 17.3 Å². The maximum Gasteiger partial charge on any atom is 0.341 e. The summed E-state index contributed by atoms with van der Waals surface area (Å²) in [5, 5.41) is 13.9. The number of carbonyl (C=O) groups is 1. The molecule has 4 heterocycles. The molecule has 0 radical (unpaired) electrons. The van der Waals surface area contributed by atoms with Gasteiger partial charge >= 0.3 is 5.97 Å². The van der Waals surface area contributed by atoms with Crippen LogP contribution in [-0.2, 0) is 15.9 Å². The number of morpholine rings is 1. The second kappa shape index (κ2) is 11.3. The van der Waals surface area contributed by atoms with E-state index >= 15 is 0 Å². The summed E-state index contributed by atoms with van der Waals surface area (Å²) in [4.78, 5) is 16.0. The highest BCUT2D eigenvalue weighted by Crippen LogP contribution is 2.40. The van der Waals surface area contributed by atoms with Gasteiger partial charge in [-0.15, -0.1) is 15.3 Å². The largest absolute Gasteiger partial charge is 0.462 e. The molecule has 9 nitrogen and oxygen atoms in total. The average Bonchev–Trinajstić information content (AvgIpc) is 3.62. The van der Waals surface area contributed by atoms with Gasteiger partial charge in [-0.25, -0.2) is 9.31 Å². The van der Waals surface area contributed by atoms with Gasteiger partial charge in [-0.2, -0.15) is 0 Å². The smallest absolute Gasteiger partial charge is 0.341 e. The van der Waals surface area contributed by atoms with Crippen LogP contribution in [0.5, 0.6) is 0 Å². The van der Waals surface area contributed by atoms with Crippen LogP contribution in [0.2, 0.25) is 0 Å². The minimum atomic E-state index is -0.449. The fourth-order valence-electron chi connectivity index (χ4n) is 5.20. The fraction of sp³-hybridized carbons (Fsp3) is 0.290. The predicted octanol–water partition coefficient (Wildman–Crippen LogP) is 5.68. The Labute approximate surface area is 232 Å². The number of anilines is 1. The lowest BCUT2D eigenvalue weighted by molar-refractivity contribution is 0.0529. The minimum absolute atomic E-state index is 0.234. The molecule has 204 valence electrons. The normalized spacial score (nSPS) is 13.6. The molecular weight excluding hydrogens is 506 g/mol. The summed E-state index contributed by atoms with van der Waals surface area (Å²) in [6, 6.07) is 21.7. The summed E-state index contributed by atoms with van der Waals surface area (Å²) in [7, 11) is 0. The zero-order chi connectivity index (χ0) is 27.5. The van der Waals surface area contributed by atoms with E-state index in [0.717, 1.165) is 47.7 Å². The molecular formula is C31H31N5O4. The Hall–Kier alpha value is -4.50. The van der Waals surface area contributed by atoms with Gasteiger partial charge < -0.3 is 18.8 Å². The van der Waals surface area contributed by atoms with E-state index < -0.39 is 5.97 Å². The monoisotopic (exact) mass is 537 g/mol. The molecule has 0 unspecified atom stereocenters. The quantitative estimate of drug-likeness (QED) is 0.233. The first-order chi connectivity index (χ1) is 19.7. The Balaban J connectivity index is 1.67. The third kappa shape index (κ3) is 4.73. The Kier molecular flexibility index (Phi) is 7.29. The first-order valence-electron chi connectivity index (χ1n) is 13.7. The van der Waals surface area contributed by atoms with E-state index in [-0.39, 0.29) is 12.5 Å². The first kappa shape index (κ1) is 25.8. The summed E-state index contributed by atoms with van der Waals surface area (Å²) >= 11 is 0. The van der Waals surface area contributed by atoms with Crippen LogP contribution in [0, 0.1) is 0 Å². The Morgan fingerprint density at radius 2 is 1.60 bits per heavy atom.